The van der Waals surface area contributed by atoms with Crippen LogP contribution in [0.1, 0.15) is 76.2 Å². The standard InChI is InChI=1S/C30H45N4O3P/c35-30(31-38(36,33-17-8-1-2-9-18-33)34-19-10-3-4-11-20-34)28-16-12-15-27(25-26-13-6-5-7-14-26)29(28)32-21-23-37-24-22-32/h5-7,13-14,25H,1-4,8-12,15-24H2,(H,31,35,36). The molecule has 1 aromatic carbocycles. The monoisotopic (exact) mass is 540 g/mol. The molecule has 8 heteroatoms. The van der Waals surface area contributed by atoms with Gasteiger partial charge in [-0.05, 0) is 62.2 Å². The predicted octanol–water partition coefficient (Wildman–Crippen LogP) is 5.82. The maximum absolute atomic E-state index is 15.0. The van der Waals surface area contributed by atoms with Crippen LogP contribution >= 0.6 is 7.59 Å². The average Bonchev–Trinajstić information content (AvgIpc) is 3.41. The number of carbonyl (C=O) groups excluding carboxylic acids is 1. The van der Waals surface area contributed by atoms with Crippen molar-refractivity contribution >= 4 is 19.6 Å². The van der Waals surface area contributed by atoms with Crippen molar-refractivity contribution in [1.29, 1.82) is 0 Å². The third kappa shape index (κ3) is 6.62. The largest absolute Gasteiger partial charge is 0.378 e. The minimum Gasteiger partial charge on any atom is -0.378 e. The van der Waals surface area contributed by atoms with Gasteiger partial charge in [-0.25, -0.2) is 9.34 Å². The highest BCUT2D eigenvalue weighted by molar-refractivity contribution is 7.57. The second-order valence-corrected chi connectivity index (χ2v) is 13.5. The molecule has 208 valence electrons. The summed E-state index contributed by atoms with van der Waals surface area (Å²) in [5.74, 6) is -0.137. The molecule has 0 unspecified atom stereocenters. The summed E-state index contributed by atoms with van der Waals surface area (Å²) in [6, 6.07) is 10.4. The van der Waals surface area contributed by atoms with E-state index in [9.17, 15) is 9.36 Å². The van der Waals surface area contributed by atoms with E-state index < -0.39 is 7.59 Å². The van der Waals surface area contributed by atoms with Crippen LogP contribution < -0.4 is 5.09 Å². The van der Waals surface area contributed by atoms with E-state index in [4.69, 9.17) is 4.74 Å². The average molecular weight is 541 g/mol. The van der Waals surface area contributed by atoms with Gasteiger partial charge in [-0.1, -0.05) is 56.0 Å². The Hall–Kier alpha value is -1.92. The first-order chi connectivity index (χ1) is 18.6. The Kier molecular flexibility index (Phi) is 9.77. The number of nitrogens with one attached hydrogen (secondary N) is 1. The molecule has 38 heavy (non-hydrogen) atoms. The van der Waals surface area contributed by atoms with Crippen molar-refractivity contribution in [3.05, 3.63) is 52.7 Å². The van der Waals surface area contributed by atoms with Crippen LogP contribution in [0.3, 0.4) is 0 Å². The molecule has 3 fully saturated rings. The number of carbonyl (C=O) groups is 1. The van der Waals surface area contributed by atoms with E-state index in [1.807, 2.05) is 6.07 Å². The van der Waals surface area contributed by atoms with E-state index in [1.54, 1.807) is 0 Å². The van der Waals surface area contributed by atoms with Crippen molar-refractivity contribution in [2.75, 3.05) is 52.5 Å². The molecule has 1 aliphatic carbocycles. The first-order valence-electron chi connectivity index (χ1n) is 14.9. The molecule has 0 radical (unpaired) electrons. The van der Waals surface area contributed by atoms with Crippen molar-refractivity contribution in [3.63, 3.8) is 0 Å². The van der Waals surface area contributed by atoms with Gasteiger partial charge in [0.15, 0.2) is 0 Å². The third-order valence-electron chi connectivity index (χ3n) is 8.38. The van der Waals surface area contributed by atoms with Crippen LogP contribution in [-0.2, 0) is 14.1 Å². The second-order valence-electron chi connectivity index (χ2n) is 11.1. The van der Waals surface area contributed by atoms with Gasteiger partial charge < -0.3 is 9.64 Å². The quantitative estimate of drug-likeness (QED) is 0.459. The zero-order valence-corrected chi connectivity index (χ0v) is 23.8. The zero-order chi connectivity index (χ0) is 26.2. The van der Waals surface area contributed by atoms with Gasteiger partial charge in [0.25, 0.3) is 5.91 Å². The van der Waals surface area contributed by atoms with E-state index in [1.165, 1.54) is 31.3 Å². The van der Waals surface area contributed by atoms with E-state index in [0.29, 0.717) is 19.6 Å². The number of nitrogens with zero attached hydrogens (tertiary/aromatic N) is 3. The van der Waals surface area contributed by atoms with Crippen molar-refractivity contribution in [3.8, 4) is 0 Å². The molecule has 7 nitrogen and oxygen atoms in total. The van der Waals surface area contributed by atoms with Gasteiger partial charge in [-0.2, -0.15) is 0 Å². The fraction of sp³-hybridized carbons (Fsp3) is 0.633. The predicted molar refractivity (Wildman–Crippen MR) is 154 cm³/mol. The molecule has 0 bridgehead atoms. The van der Waals surface area contributed by atoms with Gasteiger partial charge in [0.05, 0.1) is 13.2 Å². The minimum absolute atomic E-state index is 0.137. The molecule has 3 saturated heterocycles. The summed E-state index contributed by atoms with van der Waals surface area (Å²) in [5, 5.41) is 3.24. The Morgan fingerprint density at radius 1 is 0.763 bits per heavy atom. The maximum atomic E-state index is 15.0. The van der Waals surface area contributed by atoms with Crippen molar-refractivity contribution in [1.82, 2.24) is 19.3 Å². The molecule has 3 heterocycles. The van der Waals surface area contributed by atoms with Crippen LogP contribution in [0.2, 0.25) is 0 Å². The van der Waals surface area contributed by atoms with E-state index in [0.717, 1.165) is 94.6 Å². The molecule has 1 aromatic rings. The summed E-state index contributed by atoms with van der Waals surface area (Å²) >= 11 is 0. The van der Waals surface area contributed by atoms with Gasteiger partial charge in [0, 0.05) is 50.5 Å². The van der Waals surface area contributed by atoms with Gasteiger partial charge >= 0.3 is 7.59 Å². The molecule has 3 aliphatic heterocycles. The Bertz CT molecular complexity index is 1010. The number of ether oxygens (including phenoxy) is 1. The smallest absolute Gasteiger partial charge is 0.311 e. The normalized spacial score (nSPS) is 24.2. The third-order valence-corrected chi connectivity index (χ3v) is 11.2. The molecule has 1 amide bonds. The Labute approximate surface area is 228 Å². The first kappa shape index (κ1) is 27.6. The zero-order valence-electron chi connectivity index (χ0n) is 22.9. The lowest BCUT2D eigenvalue weighted by Crippen LogP contribution is -2.43. The van der Waals surface area contributed by atoms with Gasteiger partial charge in [0.1, 0.15) is 0 Å². The number of amides is 1. The number of morpholine rings is 1. The van der Waals surface area contributed by atoms with Crippen LogP contribution in [0.15, 0.2) is 47.2 Å². The molecule has 1 N–H and O–H groups in total. The maximum Gasteiger partial charge on any atom is 0.311 e. The van der Waals surface area contributed by atoms with Crippen molar-refractivity contribution < 1.29 is 14.1 Å². The van der Waals surface area contributed by atoms with Crippen LogP contribution in [0.5, 0.6) is 0 Å². The fourth-order valence-corrected chi connectivity index (χ4v) is 9.04. The van der Waals surface area contributed by atoms with Crippen LogP contribution in [-0.4, -0.2) is 72.6 Å². The van der Waals surface area contributed by atoms with E-state index >= 15 is 0 Å². The highest BCUT2D eigenvalue weighted by atomic mass is 31.2. The lowest BCUT2D eigenvalue weighted by Gasteiger charge is -2.40. The number of benzene rings is 1. The number of rotatable bonds is 6. The summed E-state index contributed by atoms with van der Waals surface area (Å²) in [6.45, 7) is 6.05. The van der Waals surface area contributed by atoms with Crippen LogP contribution in [0.25, 0.3) is 6.08 Å². The molecular formula is C30H45N4O3P. The number of hydrogen-bond acceptors (Lipinski definition) is 4. The number of hydrogen-bond donors (Lipinski definition) is 1. The molecule has 0 saturated carbocycles. The van der Waals surface area contributed by atoms with Crippen molar-refractivity contribution in [2.24, 2.45) is 0 Å². The molecular weight excluding hydrogens is 495 g/mol. The van der Waals surface area contributed by atoms with Crippen LogP contribution in [0, 0.1) is 0 Å². The van der Waals surface area contributed by atoms with Gasteiger partial charge in [-0.3, -0.25) is 14.4 Å². The summed E-state index contributed by atoms with van der Waals surface area (Å²) in [4.78, 5) is 16.6. The highest BCUT2D eigenvalue weighted by Gasteiger charge is 2.40. The van der Waals surface area contributed by atoms with Crippen molar-refractivity contribution in [2.45, 2.75) is 70.6 Å². The minimum atomic E-state index is -3.23. The SMILES string of the molecule is O=C(NP(=O)(N1CCCCCC1)N1CCCCCC1)C1=C(N2CCOCC2)C(=Cc2ccccc2)CCC1. The summed E-state index contributed by atoms with van der Waals surface area (Å²) < 4.78 is 24.9. The Balaban J connectivity index is 1.50. The van der Waals surface area contributed by atoms with E-state index in [2.05, 4.69) is 49.7 Å². The highest BCUT2D eigenvalue weighted by Crippen LogP contribution is 2.51. The molecule has 0 atom stereocenters. The number of allylic oxidation sites excluding steroid dienone is 1. The summed E-state index contributed by atoms with van der Waals surface area (Å²) in [7, 11) is -3.23. The molecule has 4 aliphatic rings. The lowest BCUT2D eigenvalue weighted by molar-refractivity contribution is -0.116. The fourth-order valence-electron chi connectivity index (χ4n) is 6.35. The summed E-state index contributed by atoms with van der Waals surface area (Å²) in [6.07, 6.45) is 13.7. The topological polar surface area (TPSA) is 65.1 Å². The lowest BCUT2D eigenvalue weighted by atomic mass is 9.89. The van der Waals surface area contributed by atoms with Crippen LogP contribution in [0.4, 0.5) is 0 Å². The molecule has 0 spiro atoms. The van der Waals surface area contributed by atoms with E-state index in [-0.39, 0.29) is 5.91 Å². The Morgan fingerprint density at radius 2 is 1.34 bits per heavy atom. The Morgan fingerprint density at radius 3 is 1.92 bits per heavy atom. The first-order valence-corrected chi connectivity index (χ1v) is 16.5. The van der Waals surface area contributed by atoms with Gasteiger partial charge in [0.2, 0.25) is 0 Å². The molecule has 0 aromatic heterocycles. The molecule has 5 rings (SSSR count). The summed E-state index contributed by atoms with van der Waals surface area (Å²) in [5.41, 5.74) is 4.19. The van der Waals surface area contributed by atoms with Gasteiger partial charge in [-0.15, -0.1) is 0 Å². The second kappa shape index (κ2) is 13.4.